The molecular formula is C32H33FO6S. The molecule has 3 aromatic carbocycles. The van der Waals surface area contributed by atoms with Crippen molar-refractivity contribution in [1.29, 1.82) is 0 Å². The Morgan fingerprint density at radius 2 is 1.77 bits per heavy atom. The van der Waals surface area contributed by atoms with E-state index < -0.39 is 10.8 Å². The largest absolute Gasteiger partial charge is 0.492 e. The number of hydrogen-bond acceptors (Lipinski definition) is 6. The summed E-state index contributed by atoms with van der Waals surface area (Å²) in [5.74, 6) is 2.93. The number of carbonyl (C=O) groups excluding carboxylic acids is 1. The van der Waals surface area contributed by atoms with E-state index in [0.717, 1.165) is 60.1 Å². The normalized spacial score (nSPS) is 21.3. The molecule has 6 nitrogen and oxygen atoms in total. The van der Waals surface area contributed by atoms with Crippen LogP contribution in [0.25, 0.3) is 11.1 Å². The van der Waals surface area contributed by atoms with Gasteiger partial charge in [-0.1, -0.05) is 12.1 Å². The van der Waals surface area contributed by atoms with Gasteiger partial charge in [0.05, 0.1) is 20.1 Å². The second-order valence-electron chi connectivity index (χ2n) is 10.7. The van der Waals surface area contributed by atoms with Gasteiger partial charge in [0, 0.05) is 45.4 Å². The van der Waals surface area contributed by atoms with Crippen molar-refractivity contribution in [3.63, 3.8) is 0 Å². The molecule has 0 saturated carbocycles. The van der Waals surface area contributed by atoms with Crippen LogP contribution in [0.1, 0.15) is 53.9 Å². The minimum atomic E-state index is -0.713. The van der Waals surface area contributed by atoms with E-state index in [1.54, 1.807) is 12.1 Å². The minimum absolute atomic E-state index is 0.0438. The highest BCUT2D eigenvalue weighted by molar-refractivity contribution is 7.85. The number of hydrogen-bond donors (Lipinski definition) is 0. The van der Waals surface area contributed by atoms with Crippen LogP contribution in [0, 0.1) is 5.82 Å². The molecule has 0 aromatic heterocycles. The van der Waals surface area contributed by atoms with Gasteiger partial charge in [-0.25, -0.2) is 4.39 Å². The van der Waals surface area contributed by atoms with Crippen LogP contribution in [0.2, 0.25) is 0 Å². The SMILES string of the molecule is COC(=O)CC1COc2cc(OCc3cc4c(cc3F)CCCc3cc(OC5CCS(=O)CC5)ccc3-4)ccc21. The lowest BCUT2D eigenvalue weighted by molar-refractivity contribution is -0.141. The fraction of sp³-hybridized carbons (Fsp3) is 0.406. The Kier molecular flexibility index (Phi) is 7.78. The van der Waals surface area contributed by atoms with E-state index >= 15 is 4.39 Å². The van der Waals surface area contributed by atoms with Crippen LogP contribution in [-0.2, 0) is 39.8 Å². The maximum Gasteiger partial charge on any atom is 0.306 e. The fourth-order valence-electron chi connectivity index (χ4n) is 5.85. The van der Waals surface area contributed by atoms with Gasteiger partial charge in [-0.05, 0) is 84.7 Å². The summed E-state index contributed by atoms with van der Waals surface area (Å²) in [5, 5.41) is 0. The van der Waals surface area contributed by atoms with E-state index in [-0.39, 0.29) is 36.8 Å². The Morgan fingerprint density at radius 1 is 1.00 bits per heavy atom. The third-order valence-electron chi connectivity index (χ3n) is 8.07. The van der Waals surface area contributed by atoms with Gasteiger partial charge in [-0.15, -0.1) is 0 Å². The van der Waals surface area contributed by atoms with Crippen molar-refractivity contribution < 1.29 is 32.3 Å². The first kappa shape index (κ1) is 26.8. The molecule has 6 rings (SSSR count). The molecule has 0 N–H and O–H groups in total. The Bertz CT molecular complexity index is 1440. The van der Waals surface area contributed by atoms with E-state index in [1.165, 1.54) is 12.7 Å². The molecule has 8 heteroatoms. The van der Waals surface area contributed by atoms with Crippen LogP contribution in [-0.4, -0.2) is 41.5 Å². The molecular weight excluding hydrogens is 531 g/mol. The van der Waals surface area contributed by atoms with Crippen molar-refractivity contribution in [3.8, 4) is 28.4 Å². The smallest absolute Gasteiger partial charge is 0.306 e. The molecule has 0 spiro atoms. The monoisotopic (exact) mass is 564 g/mol. The predicted molar refractivity (Wildman–Crippen MR) is 151 cm³/mol. The summed E-state index contributed by atoms with van der Waals surface area (Å²) in [6.07, 6.45) is 4.65. The van der Waals surface area contributed by atoms with Crippen LogP contribution in [0.4, 0.5) is 4.39 Å². The maximum atomic E-state index is 15.2. The summed E-state index contributed by atoms with van der Waals surface area (Å²) < 4.78 is 49.7. The summed E-state index contributed by atoms with van der Waals surface area (Å²) in [6, 6.07) is 15.3. The van der Waals surface area contributed by atoms with Crippen molar-refractivity contribution in [3.05, 3.63) is 76.6 Å². The second-order valence-corrected chi connectivity index (χ2v) is 12.4. The Balaban J connectivity index is 1.18. The Labute approximate surface area is 236 Å². The second kappa shape index (κ2) is 11.6. The van der Waals surface area contributed by atoms with Crippen LogP contribution in [0.5, 0.6) is 17.2 Å². The number of ether oxygens (including phenoxy) is 4. The Morgan fingerprint density at radius 3 is 2.58 bits per heavy atom. The van der Waals surface area contributed by atoms with Crippen LogP contribution < -0.4 is 14.2 Å². The van der Waals surface area contributed by atoms with Gasteiger partial charge in [0.15, 0.2) is 0 Å². The molecule has 1 aliphatic carbocycles. The van der Waals surface area contributed by atoms with E-state index in [1.807, 2.05) is 24.3 Å². The molecule has 1 unspecified atom stereocenters. The average Bonchev–Trinajstić information content (AvgIpc) is 3.26. The first-order valence-corrected chi connectivity index (χ1v) is 15.4. The molecule has 1 fully saturated rings. The lowest BCUT2D eigenvalue weighted by atomic mass is 9.94. The topological polar surface area (TPSA) is 71.1 Å². The van der Waals surface area contributed by atoms with Gasteiger partial charge in [0.25, 0.3) is 0 Å². The van der Waals surface area contributed by atoms with Gasteiger partial charge in [0.2, 0.25) is 0 Å². The molecule has 0 radical (unpaired) electrons. The zero-order valence-corrected chi connectivity index (χ0v) is 23.4. The fourth-order valence-corrected chi connectivity index (χ4v) is 7.11. The first-order valence-electron chi connectivity index (χ1n) is 13.9. The summed E-state index contributed by atoms with van der Waals surface area (Å²) >= 11 is 0. The number of fused-ring (bicyclic) bond motifs is 4. The number of esters is 1. The molecule has 1 atom stereocenters. The molecule has 3 aromatic rings. The molecule has 0 bridgehead atoms. The standard InChI is InChI=1S/C32H33FO6S/c1-36-32(34)16-22-18-38-31-17-25(5-8-28(22)31)37-19-23-14-29-21(15-30(23)33)4-2-3-20-13-26(6-7-27(20)29)39-24-9-11-40(35)12-10-24/h5-8,13-15,17,22,24H,2-4,9-12,16,18-19H2,1H3. The van der Waals surface area contributed by atoms with Crippen LogP contribution in [0.3, 0.4) is 0 Å². The van der Waals surface area contributed by atoms with Crippen molar-refractivity contribution in [1.82, 2.24) is 0 Å². The van der Waals surface area contributed by atoms with Gasteiger partial charge in [0.1, 0.15) is 35.8 Å². The highest BCUT2D eigenvalue weighted by Gasteiger charge is 2.27. The van der Waals surface area contributed by atoms with Gasteiger partial charge >= 0.3 is 5.97 Å². The van der Waals surface area contributed by atoms with E-state index in [2.05, 4.69) is 12.1 Å². The van der Waals surface area contributed by atoms with Crippen LogP contribution >= 0.6 is 0 Å². The summed E-state index contributed by atoms with van der Waals surface area (Å²) in [5.41, 5.74) is 5.79. The van der Waals surface area contributed by atoms with Gasteiger partial charge in [-0.2, -0.15) is 0 Å². The number of methoxy groups -OCH3 is 1. The van der Waals surface area contributed by atoms with Gasteiger partial charge in [-0.3, -0.25) is 9.00 Å². The number of carbonyl (C=O) groups is 1. The molecule has 1 saturated heterocycles. The molecule has 40 heavy (non-hydrogen) atoms. The van der Waals surface area contributed by atoms with Gasteiger partial charge < -0.3 is 18.9 Å². The van der Waals surface area contributed by atoms with Crippen molar-refractivity contribution in [2.75, 3.05) is 25.2 Å². The number of halogens is 1. The quantitative estimate of drug-likeness (QED) is 0.334. The van der Waals surface area contributed by atoms with E-state index in [4.69, 9.17) is 18.9 Å². The Hall–Kier alpha value is -3.39. The molecule has 210 valence electrons. The molecule has 0 amide bonds. The molecule has 2 aliphatic heterocycles. The molecule has 2 heterocycles. The minimum Gasteiger partial charge on any atom is -0.492 e. The lowest BCUT2D eigenvalue weighted by Crippen LogP contribution is -2.27. The maximum absolute atomic E-state index is 15.2. The van der Waals surface area contributed by atoms with Crippen molar-refractivity contribution in [2.24, 2.45) is 0 Å². The summed E-state index contributed by atoms with van der Waals surface area (Å²) in [4.78, 5) is 11.7. The highest BCUT2D eigenvalue weighted by atomic mass is 32.2. The van der Waals surface area contributed by atoms with Crippen molar-refractivity contribution >= 4 is 16.8 Å². The first-order chi connectivity index (χ1) is 19.5. The third-order valence-corrected chi connectivity index (χ3v) is 9.45. The van der Waals surface area contributed by atoms with Crippen LogP contribution in [0.15, 0.2) is 48.5 Å². The summed E-state index contributed by atoms with van der Waals surface area (Å²) in [7, 11) is 0.668. The zero-order chi connectivity index (χ0) is 27.6. The predicted octanol–water partition coefficient (Wildman–Crippen LogP) is 5.89. The highest BCUT2D eigenvalue weighted by Crippen LogP contribution is 2.39. The summed E-state index contributed by atoms with van der Waals surface area (Å²) in [6.45, 7) is 0.504. The number of aryl methyl sites for hydroxylation is 2. The molecule has 3 aliphatic rings. The number of benzene rings is 3. The van der Waals surface area contributed by atoms with E-state index in [9.17, 15) is 9.00 Å². The van der Waals surface area contributed by atoms with E-state index in [0.29, 0.717) is 35.2 Å². The van der Waals surface area contributed by atoms with Crippen molar-refractivity contribution in [2.45, 2.75) is 57.2 Å². The number of rotatable bonds is 7. The lowest BCUT2D eigenvalue weighted by Gasteiger charge is -2.23. The average molecular weight is 565 g/mol. The zero-order valence-electron chi connectivity index (χ0n) is 22.6. The third kappa shape index (κ3) is 5.73.